The maximum atomic E-state index is 12.8. The number of morpholine rings is 1. The Bertz CT molecular complexity index is 853. The molecule has 1 saturated heterocycles. The summed E-state index contributed by atoms with van der Waals surface area (Å²) in [5.74, 6) is -0.302. The Labute approximate surface area is 168 Å². The predicted molar refractivity (Wildman–Crippen MR) is 110 cm³/mol. The molecule has 0 atom stereocenters. The van der Waals surface area contributed by atoms with E-state index in [1.807, 2.05) is 6.07 Å². The van der Waals surface area contributed by atoms with Crippen LogP contribution in [0.25, 0.3) is 0 Å². The van der Waals surface area contributed by atoms with E-state index in [-0.39, 0.29) is 12.5 Å². The van der Waals surface area contributed by atoms with Crippen molar-refractivity contribution in [3.8, 4) is 0 Å². The van der Waals surface area contributed by atoms with Crippen molar-refractivity contribution in [1.82, 2.24) is 0 Å². The number of benzene rings is 2. The summed E-state index contributed by atoms with van der Waals surface area (Å²) in [5, 5.41) is 6.04. The lowest BCUT2D eigenvalue weighted by Crippen LogP contribution is -2.36. The standard InChI is InChI=1S/C20H22ClN3O4/c1-2-28-20(26)22-16-5-3-4-14(12-16)19(25)23-17-13-15(21)6-7-18(17)24-8-10-27-11-9-24/h3-7,12-13H,2,8-11H2,1H3,(H,22,26)(H,23,25). The summed E-state index contributed by atoms with van der Waals surface area (Å²) in [6, 6.07) is 12.1. The third kappa shape index (κ3) is 5.15. The molecule has 0 spiro atoms. The highest BCUT2D eigenvalue weighted by atomic mass is 35.5. The van der Waals surface area contributed by atoms with E-state index < -0.39 is 6.09 Å². The molecule has 148 valence electrons. The molecule has 1 aliphatic heterocycles. The smallest absolute Gasteiger partial charge is 0.411 e. The normalized spacial score (nSPS) is 13.7. The molecule has 0 saturated carbocycles. The molecule has 1 fully saturated rings. The van der Waals surface area contributed by atoms with Crippen LogP contribution in [0, 0.1) is 0 Å². The molecule has 2 aromatic rings. The van der Waals surface area contributed by atoms with Crippen LogP contribution in [0.1, 0.15) is 17.3 Å². The zero-order valence-corrected chi connectivity index (χ0v) is 16.3. The minimum absolute atomic E-state index is 0.269. The Morgan fingerprint density at radius 3 is 2.68 bits per heavy atom. The van der Waals surface area contributed by atoms with Crippen LogP contribution in [-0.2, 0) is 9.47 Å². The van der Waals surface area contributed by atoms with Crippen LogP contribution in [0.4, 0.5) is 21.9 Å². The molecule has 0 radical (unpaired) electrons. The topological polar surface area (TPSA) is 79.9 Å². The van der Waals surface area contributed by atoms with Gasteiger partial charge < -0.3 is 19.7 Å². The van der Waals surface area contributed by atoms with Crippen molar-refractivity contribution in [2.75, 3.05) is 48.4 Å². The van der Waals surface area contributed by atoms with E-state index >= 15 is 0 Å². The van der Waals surface area contributed by atoms with Crippen molar-refractivity contribution in [3.63, 3.8) is 0 Å². The van der Waals surface area contributed by atoms with Crippen LogP contribution in [-0.4, -0.2) is 44.9 Å². The number of carbonyl (C=O) groups is 2. The number of rotatable bonds is 5. The summed E-state index contributed by atoms with van der Waals surface area (Å²) in [4.78, 5) is 26.5. The summed E-state index contributed by atoms with van der Waals surface area (Å²) in [7, 11) is 0. The molecule has 28 heavy (non-hydrogen) atoms. The minimum Gasteiger partial charge on any atom is -0.450 e. The van der Waals surface area contributed by atoms with E-state index in [4.69, 9.17) is 21.1 Å². The first kappa shape index (κ1) is 20.0. The Morgan fingerprint density at radius 1 is 1.14 bits per heavy atom. The van der Waals surface area contributed by atoms with Crippen molar-refractivity contribution in [2.45, 2.75) is 6.92 Å². The van der Waals surface area contributed by atoms with E-state index in [2.05, 4.69) is 15.5 Å². The maximum absolute atomic E-state index is 12.8. The molecule has 0 unspecified atom stereocenters. The molecular formula is C20H22ClN3O4. The zero-order chi connectivity index (χ0) is 19.9. The van der Waals surface area contributed by atoms with Gasteiger partial charge in [0.2, 0.25) is 0 Å². The average molecular weight is 404 g/mol. The van der Waals surface area contributed by atoms with E-state index in [0.29, 0.717) is 35.2 Å². The van der Waals surface area contributed by atoms with E-state index in [1.54, 1.807) is 43.3 Å². The second-order valence-corrected chi connectivity index (χ2v) is 6.58. The van der Waals surface area contributed by atoms with E-state index in [1.165, 1.54) is 0 Å². The monoisotopic (exact) mass is 403 g/mol. The van der Waals surface area contributed by atoms with Gasteiger partial charge in [-0.1, -0.05) is 17.7 Å². The fourth-order valence-electron chi connectivity index (χ4n) is 2.91. The highest BCUT2D eigenvalue weighted by molar-refractivity contribution is 6.31. The fraction of sp³-hybridized carbons (Fsp3) is 0.300. The van der Waals surface area contributed by atoms with Gasteiger partial charge in [0, 0.05) is 29.4 Å². The van der Waals surface area contributed by atoms with Gasteiger partial charge >= 0.3 is 6.09 Å². The van der Waals surface area contributed by atoms with E-state index in [9.17, 15) is 9.59 Å². The molecule has 1 heterocycles. The van der Waals surface area contributed by atoms with Crippen LogP contribution >= 0.6 is 11.6 Å². The molecule has 2 aromatic carbocycles. The Kier molecular flexibility index (Phi) is 6.73. The second kappa shape index (κ2) is 9.43. The summed E-state index contributed by atoms with van der Waals surface area (Å²) in [5.41, 5.74) is 2.40. The third-order valence-corrected chi connectivity index (χ3v) is 4.44. The molecule has 1 aliphatic rings. The maximum Gasteiger partial charge on any atom is 0.411 e. The summed E-state index contributed by atoms with van der Waals surface area (Å²) >= 11 is 6.14. The predicted octanol–water partition coefficient (Wildman–Crippen LogP) is 4.00. The Morgan fingerprint density at radius 2 is 1.93 bits per heavy atom. The van der Waals surface area contributed by atoms with Crippen LogP contribution < -0.4 is 15.5 Å². The lowest BCUT2D eigenvalue weighted by Gasteiger charge is -2.30. The van der Waals surface area contributed by atoms with Crippen LogP contribution in [0.2, 0.25) is 5.02 Å². The van der Waals surface area contributed by atoms with Crippen molar-refractivity contribution in [1.29, 1.82) is 0 Å². The van der Waals surface area contributed by atoms with Crippen molar-refractivity contribution in [2.24, 2.45) is 0 Å². The largest absolute Gasteiger partial charge is 0.450 e. The molecule has 2 amide bonds. The first-order valence-electron chi connectivity index (χ1n) is 9.04. The van der Waals surface area contributed by atoms with Crippen molar-refractivity contribution >= 4 is 40.7 Å². The molecule has 2 N–H and O–H groups in total. The Balaban J connectivity index is 1.77. The number of hydrogen-bond donors (Lipinski definition) is 2. The summed E-state index contributed by atoms with van der Waals surface area (Å²) < 4.78 is 10.3. The number of anilines is 3. The number of halogens is 1. The highest BCUT2D eigenvalue weighted by Crippen LogP contribution is 2.30. The number of hydrogen-bond acceptors (Lipinski definition) is 5. The van der Waals surface area contributed by atoms with Crippen molar-refractivity contribution < 1.29 is 19.1 Å². The third-order valence-electron chi connectivity index (χ3n) is 4.21. The lowest BCUT2D eigenvalue weighted by molar-refractivity contribution is 0.102. The molecule has 7 nitrogen and oxygen atoms in total. The zero-order valence-electron chi connectivity index (χ0n) is 15.5. The summed E-state index contributed by atoms with van der Waals surface area (Å²) in [6.07, 6.45) is -0.565. The van der Waals surface area contributed by atoms with Gasteiger partial charge in [-0.3, -0.25) is 10.1 Å². The first-order chi connectivity index (χ1) is 13.6. The fourth-order valence-corrected chi connectivity index (χ4v) is 3.08. The summed E-state index contributed by atoms with van der Waals surface area (Å²) in [6.45, 7) is 4.74. The molecular weight excluding hydrogens is 382 g/mol. The van der Waals surface area contributed by atoms with E-state index in [0.717, 1.165) is 18.8 Å². The number of amides is 2. The highest BCUT2D eigenvalue weighted by Gasteiger charge is 2.17. The van der Waals surface area contributed by atoms with Gasteiger partial charge in [0.05, 0.1) is 31.2 Å². The number of nitrogens with zero attached hydrogens (tertiary/aromatic N) is 1. The van der Waals surface area contributed by atoms with Gasteiger partial charge in [0.15, 0.2) is 0 Å². The van der Waals surface area contributed by atoms with Gasteiger partial charge in [-0.2, -0.15) is 0 Å². The lowest BCUT2D eigenvalue weighted by atomic mass is 10.1. The SMILES string of the molecule is CCOC(=O)Nc1cccc(C(=O)Nc2cc(Cl)ccc2N2CCOCC2)c1. The number of ether oxygens (including phenoxy) is 2. The second-order valence-electron chi connectivity index (χ2n) is 6.14. The molecule has 0 bridgehead atoms. The quantitative estimate of drug-likeness (QED) is 0.788. The molecule has 0 aromatic heterocycles. The van der Waals surface area contributed by atoms with Crippen LogP contribution in [0.5, 0.6) is 0 Å². The van der Waals surface area contributed by atoms with Crippen molar-refractivity contribution in [3.05, 3.63) is 53.1 Å². The van der Waals surface area contributed by atoms with Gasteiger partial charge in [-0.25, -0.2) is 4.79 Å². The van der Waals surface area contributed by atoms with Gasteiger partial charge in [-0.15, -0.1) is 0 Å². The van der Waals surface area contributed by atoms with Gasteiger partial charge in [-0.05, 0) is 43.3 Å². The first-order valence-corrected chi connectivity index (χ1v) is 9.42. The molecule has 3 rings (SSSR count). The molecule has 8 heteroatoms. The minimum atomic E-state index is -0.565. The van der Waals surface area contributed by atoms with Gasteiger partial charge in [0.1, 0.15) is 0 Å². The average Bonchev–Trinajstić information content (AvgIpc) is 2.69. The number of carbonyl (C=O) groups excluding carboxylic acids is 2. The molecule has 0 aliphatic carbocycles. The Hall–Kier alpha value is -2.77. The van der Waals surface area contributed by atoms with Gasteiger partial charge in [0.25, 0.3) is 5.91 Å². The van der Waals surface area contributed by atoms with Crippen LogP contribution in [0.3, 0.4) is 0 Å². The van der Waals surface area contributed by atoms with Crippen LogP contribution in [0.15, 0.2) is 42.5 Å². The number of nitrogens with one attached hydrogen (secondary N) is 2.